The van der Waals surface area contributed by atoms with Crippen LogP contribution in [0.5, 0.6) is 0 Å². The lowest BCUT2D eigenvalue weighted by Gasteiger charge is -2.05. The first-order chi connectivity index (χ1) is 9.60. The predicted molar refractivity (Wildman–Crippen MR) is 81.2 cm³/mol. The molecule has 0 unspecified atom stereocenters. The molecular formula is C15H23NO3S. The molecule has 0 N–H and O–H groups in total. The van der Waals surface area contributed by atoms with E-state index < -0.39 is 10.1 Å². The quantitative estimate of drug-likeness (QED) is 0.391. The molecule has 1 aromatic carbocycles. The molecule has 0 aliphatic rings. The zero-order valence-corrected chi connectivity index (χ0v) is 13.0. The fourth-order valence-corrected chi connectivity index (χ4v) is 2.55. The Morgan fingerprint density at radius 1 is 1.10 bits per heavy atom. The summed E-state index contributed by atoms with van der Waals surface area (Å²) < 4.78 is 28.6. The second kappa shape index (κ2) is 8.74. The van der Waals surface area contributed by atoms with Crippen molar-refractivity contribution in [2.75, 3.05) is 0 Å². The van der Waals surface area contributed by atoms with Gasteiger partial charge in [-0.3, -0.25) is 4.28 Å². The van der Waals surface area contributed by atoms with Gasteiger partial charge in [0.1, 0.15) is 4.90 Å². The number of unbranched alkanes of at least 4 members (excludes halogenated alkanes) is 3. The van der Waals surface area contributed by atoms with E-state index in [1.807, 2.05) is 6.92 Å². The van der Waals surface area contributed by atoms with E-state index in [9.17, 15) is 8.42 Å². The van der Waals surface area contributed by atoms with Gasteiger partial charge in [0, 0.05) is 0 Å². The Morgan fingerprint density at radius 3 is 2.40 bits per heavy atom. The third-order valence-corrected chi connectivity index (χ3v) is 4.14. The lowest BCUT2D eigenvalue weighted by molar-refractivity contribution is 0.336. The Labute approximate surface area is 122 Å². The van der Waals surface area contributed by atoms with E-state index in [4.69, 9.17) is 4.28 Å². The van der Waals surface area contributed by atoms with Crippen LogP contribution in [0.2, 0.25) is 0 Å². The van der Waals surface area contributed by atoms with Crippen molar-refractivity contribution in [1.82, 2.24) is 0 Å². The molecule has 0 saturated carbocycles. The first kappa shape index (κ1) is 16.7. The summed E-state index contributed by atoms with van der Waals surface area (Å²) in [5.41, 5.74) is 0.792. The highest BCUT2D eigenvalue weighted by Crippen LogP contribution is 2.13. The molecule has 20 heavy (non-hydrogen) atoms. The van der Waals surface area contributed by atoms with Crippen molar-refractivity contribution in [2.45, 2.75) is 57.3 Å². The largest absolute Gasteiger partial charge is 0.358 e. The highest BCUT2D eigenvalue weighted by Gasteiger charge is 2.15. The molecular weight excluding hydrogens is 274 g/mol. The zero-order chi connectivity index (χ0) is 14.8. The molecule has 0 spiro atoms. The number of benzene rings is 1. The summed E-state index contributed by atoms with van der Waals surface area (Å²) in [7, 11) is -3.79. The normalized spacial score (nSPS) is 12.4. The summed E-state index contributed by atoms with van der Waals surface area (Å²) >= 11 is 0. The molecule has 0 bridgehead atoms. The molecule has 0 aliphatic heterocycles. The topological polar surface area (TPSA) is 55.7 Å². The van der Waals surface area contributed by atoms with Gasteiger partial charge in [-0.25, -0.2) is 0 Å². The van der Waals surface area contributed by atoms with Crippen molar-refractivity contribution in [3.05, 3.63) is 30.3 Å². The van der Waals surface area contributed by atoms with Crippen LogP contribution in [0, 0.1) is 0 Å². The molecule has 0 amide bonds. The van der Waals surface area contributed by atoms with Crippen molar-refractivity contribution in [3.8, 4) is 0 Å². The van der Waals surface area contributed by atoms with Crippen LogP contribution in [-0.2, 0) is 14.4 Å². The van der Waals surface area contributed by atoms with Crippen LogP contribution in [0.4, 0.5) is 0 Å². The minimum Gasteiger partial charge on any atom is -0.265 e. The average Bonchev–Trinajstić information content (AvgIpc) is 2.47. The molecule has 1 rings (SSSR count). The van der Waals surface area contributed by atoms with Gasteiger partial charge in [0.15, 0.2) is 0 Å². The molecule has 0 fully saturated rings. The summed E-state index contributed by atoms with van der Waals surface area (Å²) in [4.78, 5) is 0.130. The number of hydrogen-bond acceptors (Lipinski definition) is 4. The van der Waals surface area contributed by atoms with Crippen molar-refractivity contribution < 1.29 is 12.7 Å². The van der Waals surface area contributed by atoms with E-state index in [-0.39, 0.29) is 4.90 Å². The number of nitrogens with zero attached hydrogens (tertiary/aromatic N) is 1. The second-order valence-electron chi connectivity index (χ2n) is 4.66. The maximum Gasteiger partial charge on any atom is 0.358 e. The lowest BCUT2D eigenvalue weighted by atomic mass is 10.1. The van der Waals surface area contributed by atoms with Gasteiger partial charge in [-0.05, 0) is 31.4 Å². The summed E-state index contributed by atoms with van der Waals surface area (Å²) in [6.45, 7) is 4.11. The molecule has 0 heterocycles. The van der Waals surface area contributed by atoms with Gasteiger partial charge in [-0.1, -0.05) is 56.5 Å². The zero-order valence-electron chi connectivity index (χ0n) is 12.2. The van der Waals surface area contributed by atoms with Gasteiger partial charge in [-0.2, -0.15) is 8.42 Å². The molecule has 0 saturated heterocycles. The third kappa shape index (κ3) is 5.74. The third-order valence-electron chi connectivity index (χ3n) is 3.02. The smallest absolute Gasteiger partial charge is 0.265 e. The fourth-order valence-electron chi connectivity index (χ4n) is 1.77. The minimum atomic E-state index is -3.79. The van der Waals surface area contributed by atoms with E-state index in [0.717, 1.165) is 25.0 Å². The first-order valence-electron chi connectivity index (χ1n) is 7.14. The number of hydrogen-bond donors (Lipinski definition) is 0. The van der Waals surface area contributed by atoms with Gasteiger partial charge in [-0.15, -0.1) is 0 Å². The van der Waals surface area contributed by atoms with Crippen molar-refractivity contribution in [3.63, 3.8) is 0 Å². The van der Waals surface area contributed by atoms with E-state index >= 15 is 0 Å². The Morgan fingerprint density at radius 2 is 1.80 bits per heavy atom. The SMILES string of the molecule is CCCCCC/C(CC)=N/OS(=O)(=O)c1ccccc1. The van der Waals surface area contributed by atoms with Crippen molar-refractivity contribution in [1.29, 1.82) is 0 Å². The van der Waals surface area contributed by atoms with Gasteiger partial charge in [0.05, 0.1) is 5.71 Å². The van der Waals surface area contributed by atoms with E-state index in [0.29, 0.717) is 6.42 Å². The van der Waals surface area contributed by atoms with Gasteiger partial charge in [0.2, 0.25) is 0 Å². The van der Waals surface area contributed by atoms with Crippen LogP contribution >= 0.6 is 0 Å². The molecule has 0 aliphatic carbocycles. The predicted octanol–water partition coefficient (Wildman–Crippen LogP) is 4.13. The Kier molecular flexibility index (Phi) is 7.30. The van der Waals surface area contributed by atoms with Crippen LogP contribution in [-0.4, -0.2) is 14.1 Å². The molecule has 5 heteroatoms. The maximum atomic E-state index is 11.9. The Hall–Kier alpha value is -1.36. The summed E-state index contributed by atoms with van der Waals surface area (Å²) in [6, 6.07) is 8.07. The highest BCUT2D eigenvalue weighted by atomic mass is 32.2. The first-order valence-corrected chi connectivity index (χ1v) is 8.55. The molecule has 0 atom stereocenters. The van der Waals surface area contributed by atoms with E-state index in [2.05, 4.69) is 12.1 Å². The average molecular weight is 297 g/mol. The van der Waals surface area contributed by atoms with Crippen LogP contribution < -0.4 is 0 Å². The second-order valence-corrected chi connectivity index (χ2v) is 6.19. The van der Waals surface area contributed by atoms with E-state index in [1.54, 1.807) is 18.2 Å². The van der Waals surface area contributed by atoms with Crippen molar-refractivity contribution in [2.24, 2.45) is 5.16 Å². The minimum absolute atomic E-state index is 0.130. The van der Waals surface area contributed by atoms with Crippen LogP contribution in [0.1, 0.15) is 52.4 Å². The molecule has 1 aromatic rings. The van der Waals surface area contributed by atoms with Crippen LogP contribution in [0.3, 0.4) is 0 Å². The van der Waals surface area contributed by atoms with Crippen LogP contribution in [0.15, 0.2) is 40.4 Å². The Bertz CT molecular complexity index is 509. The molecule has 112 valence electrons. The van der Waals surface area contributed by atoms with Gasteiger partial charge >= 0.3 is 10.1 Å². The van der Waals surface area contributed by atoms with Crippen LogP contribution in [0.25, 0.3) is 0 Å². The molecule has 4 nitrogen and oxygen atoms in total. The molecule has 0 radical (unpaired) electrons. The van der Waals surface area contributed by atoms with Gasteiger partial charge in [0.25, 0.3) is 0 Å². The number of oxime groups is 1. The fraction of sp³-hybridized carbons (Fsp3) is 0.533. The highest BCUT2D eigenvalue weighted by molar-refractivity contribution is 7.86. The van der Waals surface area contributed by atoms with Gasteiger partial charge < -0.3 is 0 Å². The Balaban J connectivity index is 2.59. The monoisotopic (exact) mass is 297 g/mol. The van der Waals surface area contributed by atoms with Crippen molar-refractivity contribution >= 4 is 15.8 Å². The standard InChI is InChI=1S/C15H23NO3S/c1-3-5-6-8-11-14(4-2)16-19-20(17,18)15-12-9-7-10-13-15/h7,9-10,12-13H,3-6,8,11H2,1-2H3/b16-14+. The number of rotatable bonds is 9. The summed E-state index contributed by atoms with van der Waals surface area (Å²) in [6.07, 6.45) is 6.03. The summed E-state index contributed by atoms with van der Waals surface area (Å²) in [5, 5.41) is 3.82. The van der Waals surface area contributed by atoms with E-state index in [1.165, 1.54) is 25.0 Å². The lowest BCUT2D eigenvalue weighted by Crippen LogP contribution is -2.05. The molecule has 0 aromatic heterocycles. The maximum absolute atomic E-state index is 11.9. The summed E-state index contributed by atoms with van der Waals surface area (Å²) in [5.74, 6) is 0.